The van der Waals surface area contributed by atoms with Crippen LogP contribution < -0.4 is 10.6 Å². The summed E-state index contributed by atoms with van der Waals surface area (Å²) in [7, 11) is 1.83. The summed E-state index contributed by atoms with van der Waals surface area (Å²) < 4.78 is 0. The van der Waals surface area contributed by atoms with E-state index in [1.807, 2.05) is 11.9 Å². The number of piperidine rings is 1. The van der Waals surface area contributed by atoms with Crippen LogP contribution in [0.1, 0.15) is 19.8 Å². The van der Waals surface area contributed by atoms with Crippen LogP contribution in [-0.2, 0) is 0 Å². The third-order valence-electron chi connectivity index (χ3n) is 3.85. The second-order valence-corrected chi connectivity index (χ2v) is 4.97. The van der Waals surface area contributed by atoms with Gasteiger partial charge in [-0.05, 0) is 19.4 Å². The topological polar surface area (TPSA) is 101 Å². The van der Waals surface area contributed by atoms with Crippen molar-refractivity contribution < 1.29 is 4.92 Å². The van der Waals surface area contributed by atoms with Gasteiger partial charge in [0, 0.05) is 26.2 Å². The quantitative estimate of drug-likeness (QED) is 0.645. The van der Waals surface area contributed by atoms with Gasteiger partial charge in [-0.1, -0.05) is 6.92 Å². The minimum atomic E-state index is -0.466. The minimum absolute atomic E-state index is 0.0587. The van der Waals surface area contributed by atoms with Crippen LogP contribution in [0.25, 0.3) is 0 Å². The van der Waals surface area contributed by atoms with E-state index in [4.69, 9.17) is 5.73 Å². The zero-order valence-electron chi connectivity index (χ0n) is 11.8. The summed E-state index contributed by atoms with van der Waals surface area (Å²) in [5.41, 5.74) is 5.46. The molecule has 20 heavy (non-hydrogen) atoms. The molecule has 2 rings (SSSR count). The van der Waals surface area contributed by atoms with Crippen LogP contribution in [0, 0.1) is 10.1 Å². The summed E-state index contributed by atoms with van der Waals surface area (Å²) in [5.74, 6) is 0.362. The summed E-state index contributed by atoms with van der Waals surface area (Å²) in [6.45, 7) is 5.18. The Morgan fingerprint density at radius 1 is 1.55 bits per heavy atom. The minimum Gasteiger partial charge on any atom is -0.368 e. The zero-order chi connectivity index (χ0) is 14.7. The van der Waals surface area contributed by atoms with Crippen LogP contribution in [0.4, 0.5) is 17.5 Å². The zero-order valence-corrected chi connectivity index (χ0v) is 11.8. The molecule has 110 valence electrons. The van der Waals surface area contributed by atoms with E-state index in [-0.39, 0.29) is 17.7 Å². The first-order valence-electron chi connectivity index (χ1n) is 6.75. The number of aromatic nitrogens is 2. The second-order valence-electron chi connectivity index (χ2n) is 4.97. The summed E-state index contributed by atoms with van der Waals surface area (Å²) >= 11 is 0. The Hall–Kier alpha value is -1.96. The SMILES string of the molecule is CCN1CCC(N(C)c2nc(N)ncc2[N+](=O)[O-])CC1. The molecule has 0 unspecified atom stereocenters. The van der Waals surface area contributed by atoms with Gasteiger partial charge >= 0.3 is 5.69 Å². The first-order valence-corrected chi connectivity index (χ1v) is 6.75. The molecule has 0 aromatic carbocycles. The average molecular weight is 280 g/mol. The van der Waals surface area contributed by atoms with E-state index in [1.54, 1.807) is 0 Å². The molecular formula is C12H20N6O2. The molecule has 1 aromatic rings. The van der Waals surface area contributed by atoms with Crippen molar-refractivity contribution in [2.45, 2.75) is 25.8 Å². The molecule has 0 spiro atoms. The van der Waals surface area contributed by atoms with Crippen molar-refractivity contribution in [2.24, 2.45) is 0 Å². The van der Waals surface area contributed by atoms with Gasteiger partial charge in [0.05, 0.1) is 4.92 Å². The van der Waals surface area contributed by atoms with Crippen LogP contribution in [0.15, 0.2) is 6.20 Å². The fourth-order valence-corrected chi connectivity index (χ4v) is 2.56. The number of hydrogen-bond acceptors (Lipinski definition) is 7. The van der Waals surface area contributed by atoms with Crippen molar-refractivity contribution in [3.8, 4) is 0 Å². The highest BCUT2D eigenvalue weighted by Gasteiger charge is 2.28. The van der Waals surface area contributed by atoms with E-state index >= 15 is 0 Å². The number of nitrogen functional groups attached to an aromatic ring is 1. The molecule has 8 nitrogen and oxygen atoms in total. The number of nitrogens with two attached hydrogens (primary N) is 1. The Balaban J connectivity index is 2.18. The predicted octanol–water partition coefficient (Wildman–Crippen LogP) is 0.887. The number of likely N-dealkylation sites (tertiary alicyclic amines) is 1. The van der Waals surface area contributed by atoms with Crippen LogP contribution >= 0.6 is 0 Å². The summed E-state index contributed by atoms with van der Waals surface area (Å²) in [6, 6.07) is 0.241. The number of hydrogen-bond donors (Lipinski definition) is 1. The highest BCUT2D eigenvalue weighted by molar-refractivity contribution is 5.58. The molecule has 0 bridgehead atoms. The Labute approximate surface area is 117 Å². The molecule has 0 atom stereocenters. The standard InChI is InChI=1S/C12H20N6O2/c1-3-17-6-4-9(5-7-17)16(2)11-10(18(19)20)8-14-12(13)15-11/h8-9H,3-7H2,1-2H3,(H2,13,14,15). The van der Waals surface area contributed by atoms with E-state index in [0.29, 0.717) is 5.82 Å². The van der Waals surface area contributed by atoms with Crippen LogP contribution in [0.5, 0.6) is 0 Å². The lowest BCUT2D eigenvalue weighted by Crippen LogP contribution is -2.43. The molecule has 1 aliphatic heterocycles. The van der Waals surface area contributed by atoms with Crippen molar-refractivity contribution in [3.63, 3.8) is 0 Å². The van der Waals surface area contributed by atoms with Crippen molar-refractivity contribution in [1.82, 2.24) is 14.9 Å². The molecule has 8 heteroatoms. The molecule has 1 aromatic heterocycles. The maximum absolute atomic E-state index is 11.1. The van der Waals surface area contributed by atoms with E-state index < -0.39 is 4.92 Å². The van der Waals surface area contributed by atoms with Crippen molar-refractivity contribution >= 4 is 17.5 Å². The van der Waals surface area contributed by atoms with Gasteiger partial charge < -0.3 is 15.5 Å². The third kappa shape index (κ3) is 2.96. The van der Waals surface area contributed by atoms with Crippen LogP contribution in [0.3, 0.4) is 0 Å². The number of nitrogens with zero attached hydrogens (tertiary/aromatic N) is 5. The Morgan fingerprint density at radius 3 is 2.75 bits per heavy atom. The van der Waals surface area contributed by atoms with Gasteiger partial charge in [0.2, 0.25) is 11.8 Å². The molecule has 2 N–H and O–H groups in total. The van der Waals surface area contributed by atoms with Gasteiger partial charge in [0.15, 0.2) is 0 Å². The van der Waals surface area contributed by atoms with Crippen molar-refractivity contribution in [1.29, 1.82) is 0 Å². The van der Waals surface area contributed by atoms with Gasteiger partial charge in [-0.3, -0.25) is 10.1 Å². The fourth-order valence-electron chi connectivity index (χ4n) is 2.56. The Kier molecular flexibility index (Phi) is 4.33. The van der Waals surface area contributed by atoms with E-state index in [2.05, 4.69) is 21.8 Å². The maximum Gasteiger partial charge on any atom is 0.329 e. The lowest BCUT2D eigenvalue weighted by Gasteiger charge is -2.36. The molecular weight excluding hydrogens is 260 g/mol. The highest BCUT2D eigenvalue weighted by Crippen LogP contribution is 2.28. The van der Waals surface area contributed by atoms with E-state index in [1.165, 1.54) is 6.20 Å². The fraction of sp³-hybridized carbons (Fsp3) is 0.667. The van der Waals surface area contributed by atoms with Gasteiger partial charge in [-0.15, -0.1) is 0 Å². The predicted molar refractivity (Wildman–Crippen MR) is 76.6 cm³/mol. The van der Waals surface area contributed by atoms with Crippen molar-refractivity contribution in [3.05, 3.63) is 16.3 Å². The molecule has 0 saturated carbocycles. The van der Waals surface area contributed by atoms with E-state index in [0.717, 1.165) is 32.5 Å². The number of rotatable bonds is 4. The Morgan fingerprint density at radius 2 is 2.20 bits per heavy atom. The van der Waals surface area contributed by atoms with Crippen molar-refractivity contribution in [2.75, 3.05) is 37.3 Å². The Bertz CT molecular complexity index is 487. The normalized spacial score (nSPS) is 17.1. The highest BCUT2D eigenvalue weighted by atomic mass is 16.6. The number of anilines is 2. The number of nitro groups is 1. The first-order chi connectivity index (χ1) is 9.52. The molecule has 0 radical (unpaired) electrons. The molecule has 0 amide bonds. The smallest absolute Gasteiger partial charge is 0.329 e. The van der Waals surface area contributed by atoms with Crippen LogP contribution in [-0.4, -0.2) is 52.5 Å². The van der Waals surface area contributed by atoms with Crippen LogP contribution in [0.2, 0.25) is 0 Å². The van der Waals surface area contributed by atoms with Gasteiger partial charge in [-0.25, -0.2) is 4.98 Å². The van der Waals surface area contributed by atoms with E-state index in [9.17, 15) is 10.1 Å². The first kappa shape index (κ1) is 14.4. The van der Waals surface area contributed by atoms with Gasteiger partial charge in [0.25, 0.3) is 0 Å². The molecule has 1 fully saturated rings. The molecule has 0 aliphatic carbocycles. The average Bonchev–Trinajstić information content (AvgIpc) is 2.46. The lowest BCUT2D eigenvalue weighted by molar-refractivity contribution is -0.384. The van der Waals surface area contributed by atoms with Gasteiger partial charge in [-0.2, -0.15) is 4.98 Å². The second kappa shape index (κ2) is 6.00. The lowest BCUT2D eigenvalue weighted by atomic mass is 10.0. The summed E-state index contributed by atoms with van der Waals surface area (Å²) in [6.07, 6.45) is 3.10. The maximum atomic E-state index is 11.1. The summed E-state index contributed by atoms with van der Waals surface area (Å²) in [5, 5.41) is 11.1. The third-order valence-corrected chi connectivity index (χ3v) is 3.85. The molecule has 1 saturated heterocycles. The molecule has 2 heterocycles. The largest absolute Gasteiger partial charge is 0.368 e. The van der Waals surface area contributed by atoms with Gasteiger partial charge in [0.1, 0.15) is 6.20 Å². The molecule has 1 aliphatic rings. The summed E-state index contributed by atoms with van der Waals surface area (Å²) in [4.78, 5) is 22.6. The monoisotopic (exact) mass is 280 g/mol.